The number of aromatic nitrogens is 1. The Balaban J connectivity index is 1.84. The largest absolute Gasteiger partial charge is 0.497 e. The van der Waals surface area contributed by atoms with Gasteiger partial charge in [-0.1, -0.05) is 12.1 Å². The van der Waals surface area contributed by atoms with Gasteiger partial charge in [0.05, 0.1) is 13.2 Å². The van der Waals surface area contributed by atoms with Crippen molar-refractivity contribution in [1.29, 1.82) is 0 Å². The molecule has 0 bridgehead atoms. The number of ether oxygens (including phenoxy) is 1. The van der Waals surface area contributed by atoms with E-state index in [1.165, 1.54) is 6.92 Å². The van der Waals surface area contributed by atoms with E-state index in [0.29, 0.717) is 18.8 Å². The van der Waals surface area contributed by atoms with Gasteiger partial charge in [0, 0.05) is 39.2 Å². The maximum Gasteiger partial charge on any atom is 0.270 e. The molecule has 2 atom stereocenters. The first-order chi connectivity index (χ1) is 12.0. The first-order valence-electron chi connectivity index (χ1n) is 8.31. The zero-order valence-electron chi connectivity index (χ0n) is 14.7. The quantitative estimate of drug-likeness (QED) is 0.922. The Morgan fingerprint density at radius 1 is 1.16 bits per heavy atom. The van der Waals surface area contributed by atoms with Crippen LogP contribution in [0.3, 0.4) is 0 Å². The summed E-state index contributed by atoms with van der Waals surface area (Å²) in [6.07, 6.45) is 1.86. The van der Waals surface area contributed by atoms with Crippen molar-refractivity contribution in [3.8, 4) is 5.75 Å². The lowest BCUT2D eigenvalue weighted by atomic mass is 9.94. The predicted octanol–water partition coefficient (Wildman–Crippen LogP) is 1.78. The van der Waals surface area contributed by atoms with Gasteiger partial charge >= 0.3 is 0 Å². The van der Waals surface area contributed by atoms with Crippen molar-refractivity contribution in [2.45, 2.75) is 18.9 Å². The number of amides is 2. The Labute approximate surface area is 147 Å². The van der Waals surface area contributed by atoms with Crippen molar-refractivity contribution in [2.75, 3.05) is 20.2 Å². The van der Waals surface area contributed by atoms with Gasteiger partial charge in [0.15, 0.2) is 0 Å². The van der Waals surface area contributed by atoms with Crippen LogP contribution in [-0.4, -0.2) is 47.5 Å². The molecule has 25 heavy (non-hydrogen) atoms. The number of methoxy groups -OCH3 is 1. The highest BCUT2D eigenvalue weighted by Crippen LogP contribution is 2.30. The molecule has 2 aromatic rings. The van der Waals surface area contributed by atoms with Crippen molar-refractivity contribution in [3.05, 3.63) is 53.9 Å². The van der Waals surface area contributed by atoms with E-state index in [4.69, 9.17) is 4.74 Å². The average Bonchev–Trinajstić information content (AvgIpc) is 3.20. The summed E-state index contributed by atoms with van der Waals surface area (Å²) >= 11 is 0. The highest BCUT2D eigenvalue weighted by Gasteiger charge is 2.37. The van der Waals surface area contributed by atoms with E-state index >= 15 is 0 Å². The number of nitrogens with one attached hydrogen (secondary N) is 1. The first kappa shape index (κ1) is 17.1. The Morgan fingerprint density at radius 3 is 2.44 bits per heavy atom. The Bertz CT molecular complexity index is 766. The number of likely N-dealkylation sites (tertiary alicyclic amines) is 1. The molecule has 6 nitrogen and oxygen atoms in total. The van der Waals surface area contributed by atoms with E-state index in [1.807, 2.05) is 59.1 Å². The number of hydrogen-bond donors (Lipinski definition) is 1. The summed E-state index contributed by atoms with van der Waals surface area (Å²) in [5.74, 6) is 0.740. The Kier molecular flexibility index (Phi) is 4.79. The molecule has 6 heteroatoms. The minimum atomic E-state index is -0.102. The second kappa shape index (κ2) is 7.01. The summed E-state index contributed by atoms with van der Waals surface area (Å²) in [4.78, 5) is 26.2. The van der Waals surface area contributed by atoms with Crippen LogP contribution in [0.5, 0.6) is 5.75 Å². The molecule has 0 spiro atoms. The number of nitrogens with zero attached hydrogens (tertiary/aromatic N) is 2. The lowest BCUT2D eigenvalue weighted by Gasteiger charge is -2.19. The fraction of sp³-hybridized carbons (Fsp3) is 0.368. The lowest BCUT2D eigenvalue weighted by Crippen LogP contribution is -2.39. The van der Waals surface area contributed by atoms with E-state index in [1.54, 1.807) is 7.11 Å². The van der Waals surface area contributed by atoms with Gasteiger partial charge in [0.25, 0.3) is 5.91 Å². The summed E-state index contributed by atoms with van der Waals surface area (Å²) in [7, 11) is 3.49. The first-order valence-corrected chi connectivity index (χ1v) is 8.31. The summed E-state index contributed by atoms with van der Waals surface area (Å²) in [5, 5.41) is 2.99. The molecule has 1 aromatic carbocycles. The van der Waals surface area contributed by atoms with Gasteiger partial charge in [-0.2, -0.15) is 0 Å². The summed E-state index contributed by atoms with van der Waals surface area (Å²) in [6, 6.07) is 11.4. The maximum absolute atomic E-state index is 12.8. The molecule has 1 N–H and O–H groups in total. The third-order valence-electron chi connectivity index (χ3n) is 4.70. The molecule has 1 fully saturated rings. The smallest absolute Gasteiger partial charge is 0.270 e. The molecular formula is C19H23N3O3. The minimum Gasteiger partial charge on any atom is -0.497 e. The zero-order chi connectivity index (χ0) is 18.0. The molecule has 1 aliphatic rings. The minimum absolute atomic E-state index is 0.0149. The van der Waals surface area contributed by atoms with Crippen molar-refractivity contribution >= 4 is 11.8 Å². The molecule has 2 heterocycles. The van der Waals surface area contributed by atoms with Crippen LogP contribution < -0.4 is 10.1 Å². The van der Waals surface area contributed by atoms with Crippen LogP contribution in [0.1, 0.15) is 28.9 Å². The number of rotatable bonds is 4. The van der Waals surface area contributed by atoms with Crippen molar-refractivity contribution < 1.29 is 14.3 Å². The molecule has 1 aliphatic heterocycles. The standard InChI is InChI=1S/C19H23N3O3/c1-13(23)20-17-12-22(19(24)18-5-4-10-21(18)2)11-16(17)14-6-8-15(25-3)9-7-14/h4-10,16-17H,11-12H2,1-3H3,(H,20,23)/t16-,17+/m1/s1. The van der Waals surface area contributed by atoms with Gasteiger partial charge in [-0.05, 0) is 29.8 Å². The average molecular weight is 341 g/mol. The summed E-state index contributed by atoms with van der Waals surface area (Å²) < 4.78 is 7.02. The summed E-state index contributed by atoms with van der Waals surface area (Å²) in [5.41, 5.74) is 1.73. The van der Waals surface area contributed by atoms with Crippen LogP contribution >= 0.6 is 0 Å². The van der Waals surface area contributed by atoms with Crippen LogP contribution in [0.15, 0.2) is 42.6 Å². The third kappa shape index (κ3) is 3.52. The Hall–Kier alpha value is -2.76. The van der Waals surface area contributed by atoms with E-state index in [0.717, 1.165) is 11.3 Å². The maximum atomic E-state index is 12.8. The Morgan fingerprint density at radius 2 is 1.88 bits per heavy atom. The van der Waals surface area contributed by atoms with Gasteiger partial charge in [0.1, 0.15) is 11.4 Å². The van der Waals surface area contributed by atoms with E-state index in [9.17, 15) is 9.59 Å². The number of aryl methyl sites for hydroxylation is 1. The predicted molar refractivity (Wildman–Crippen MR) is 94.7 cm³/mol. The fourth-order valence-electron chi connectivity index (χ4n) is 3.41. The topological polar surface area (TPSA) is 63.6 Å². The van der Waals surface area contributed by atoms with Crippen LogP contribution in [0.2, 0.25) is 0 Å². The van der Waals surface area contributed by atoms with E-state index in [2.05, 4.69) is 5.32 Å². The summed E-state index contributed by atoms with van der Waals surface area (Å²) in [6.45, 7) is 2.58. The molecule has 0 unspecified atom stereocenters. The SMILES string of the molecule is COc1ccc([C@H]2CN(C(=O)c3cccn3C)C[C@@H]2NC(C)=O)cc1. The molecule has 0 radical (unpaired) electrons. The number of benzene rings is 1. The molecule has 0 aliphatic carbocycles. The number of hydrogen-bond acceptors (Lipinski definition) is 3. The van der Waals surface area contributed by atoms with Gasteiger partial charge in [-0.25, -0.2) is 0 Å². The fourth-order valence-corrected chi connectivity index (χ4v) is 3.41. The van der Waals surface area contributed by atoms with Gasteiger partial charge in [0.2, 0.25) is 5.91 Å². The second-order valence-electron chi connectivity index (χ2n) is 6.40. The second-order valence-corrected chi connectivity index (χ2v) is 6.40. The molecule has 0 saturated carbocycles. The molecule has 1 saturated heterocycles. The number of carbonyl (C=O) groups is 2. The zero-order valence-corrected chi connectivity index (χ0v) is 14.7. The van der Waals surface area contributed by atoms with Crippen LogP contribution in [0, 0.1) is 0 Å². The monoisotopic (exact) mass is 341 g/mol. The van der Waals surface area contributed by atoms with Gasteiger partial charge < -0.3 is 19.5 Å². The van der Waals surface area contributed by atoms with Gasteiger partial charge in [-0.3, -0.25) is 9.59 Å². The molecule has 2 amide bonds. The highest BCUT2D eigenvalue weighted by molar-refractivity contribution is 5.93. The van der Waals surface area contributed by atoms with E-state index in [-0.39, 0.29) is 23.8 Å². The normalized spacial score (nSPS) is 19.7. The van der Waals surface area contributed by atoms with E-state index < -0.39 is 0 Å². The molecule has 3 rings (SSSR count). The highest BCUT2D eigenvalue weighted by atomic mass is 16.5. The van der Waals surface area contributed by atoms with Gasteiger partial charge in [-0.15, -0.1) is 0 Å². The number of carbonyl (C=O) groups excluding carboxylic acids is 2. The van der Waals surface area contributed by atoms with Crippen LogP contribution in [0.25, 0.3) is 0 Å². The van der Waals surface area contributed by atoms with Crippen molar-refractivity contribution in [1.82, 2.24) is 14.8 Å². The molecule has 132 valence electrons. The molecular weight excluding hydrogens is 318 g/mol. The molecule has 1 aromatic heterocycles. The third-order valence-corrected chi connectivity index (χ3v) is 4.70. The van der Waals surface area contributed by atoms with Crippen molar-refractivity contribution in [3.63, 3.8) is 0 Å². The van der Waals surface area contributed by atoms with Crippen LogP contribution in [0.4, 0.5) is 0 Å². The van der Waals surface area contributed by atoms with Crippen LogP contribution in [-0.2, 0) is 11.8 Å². The van der Waals surface area contributed by atoms with Crippen molar-refractivity contribution in [2.24, 2.45) is 7.05 Å². The lowest BCUT2D eigenvalue weighted by molar-refractivity contribution is -0.119.